The maximum Gasteiger partial charge on any atom is 0.259 e. The molecule has 7 nitrogen and oxygen atoms in total. The summed E-state index contributed by atoms with van der Waals surface area (Å²) in [5.41, 5.74) is 0.987. The summed E-state index contributed by atoms with van der Waals surface area (Å²) in [6.45, 7) is 7.17. The van der Waals surface area contributed by atoms with Crippen molar-refractivity contribution in [1.29, 1.82) is 0 Å². The van der Waals surface area contributed by atoms with E-state index in [0.717, 1.165) is 36.4 Å². The number of aryl methyl sites for hydroxylation is 1. The first kappa shape index (κ1) is 18.4. The molecule has 28 heavy (non-hydrogen) atoms. The van der Waals surface area contributed by atoms with Crippen LogP contribution in [0.2, 0.25) is 0 Å². The largest absolute Gasteiger partial charge is 0.368 e. The van der Waals surface area contributed by atoms with Crippen molar-refractivity contribution in [3.05, 3.63) is 52.6 Å². The molecule has 4 heterocycles. The van der Waals surface area contributed by atoms with Crippen LogP contribution >= 0.6 is 0 Å². The second-order valence-corrected chi connectivity index (χ2v) is 7.28. The Morgan fingerprint density at radius 1 is 1.29 bits per heavy atom. The number of anilines is 3. The zero-order chi connectivity index (χ0) is 19.5. The topological polar surface area (TPSA) is 85.9 Å². The van der Waals surface area contributed by atoms with Crippen molar-refractivity contribution in [2.75, 3.05) is 30.3 Å². The van der Waals surface area contributed by atoms with Gasteiger partial charge in [0.05, 0.1) is 5.39 Å². The van der Waals surface area contributed by atoms with Gasteiger partial charge in [-0.15, -0.1) is 0 Å². The molecule has 0 bridgehead atoms. The van der Waals surface area contributed by atoms with Crippen LogP contribution in [0.3, 0.4) is 0 Å². The molecule has 0 unspecified atom stereocenters. The van der Waals surface area contributed by atoms with Crippen molar-refractivity contribution >= 4 is 28.2 Å². The minimum absolute atomic E-state index is 0.133. The van der Waals surface area contributed by atoms with Crippen LogP contribution in [0, 0.1) is 6.92 Å². The van der Waals surface area contributed by atoms with Crippen molar-refractivity contribution in [1.82, 2.24) is 19.9 Å². The zero-order valence-electron chi connectivity index (χ0n) is 16.3. The van der Waals surface area contributed by atoms with E-state index in [4.69, 9.17) is 4.98 Å². The predicted molar refractivity (Wildman–Crippen MR) is 113 cm³/mol. The van der Waals surface area contributed by atoms with E-state index in [2.05, 4.69) is 32.4 Å². The molecule has 1 saturated heterocycles. The van der Waals surface area contributed by atoms with Crippen LogP contribution in [0.1, 0.15) is 25.3 Å². The van der Waals surface area contributed by atoms with E-state index in [0.29, 0.717) is 23.1 Å². The second kappa shape index (κ2) is 7.98. The molecule has 3 aromatic rings. The van der Waals surface area contributed by atoms with Crippen molar-refractivity contribution in [2.45, 2.75) is 32.7 Å². The van der Waals surface area contributed by atoms with Crippen LogP contribution in [0.5, 0.6) is 0 Å². The Morgan fingerprint density at radius 2 is 2.18 bits per heavy atom. The van der Waals surface area contributed by atoms with Crippen molar-refractivity contribution in [3.8, 4) is 0 Å². The van der Waals surface area contributed by atoms with E-state index < -0.39 is 0 Å². The summed E-state index contributed by atoms with van der Waals surface area (Å²) in [5, 5.41) is 8.13. The average molecular weight is 378 g/mol. The molecule has 0 aromatic carbocycles. The third-order valence-electron chi connectivity index (χ3n) is 5.34. The fourth-order valence-corrected chi connectivity index (χ4v) is 3.90. The number of rotatable bonds is 6. The van der Waals surface area contributed by atoms with Gasteiger partial charge in [0.1, 0.15) is 17.5 Å². The number of H-pyrrole nitrogens is 1. The van der Waals surface area contributed by atoms with Crippen LogP contribution < -0.4 is 16.2 Å². The Morgan fingerprint density at radius 3 is 3.00 bits per heavy atom. The monoisotopic (exact) mass is 378 g/mol. The predicted octanol–water partition coefficient (Wildman–Crippen LogP) is 3.27. The summed E-state index contributed by atoms with van der Waals surface area (Å²) in [7, 11) is 0. The van der Waals surface area contributed by atoms with Gasteiger partial charge < -0.3 is 15.6 Å². The van der Waals surface area contributed by atoms with Gasteiger partial charge in [-0.1, -0.05) is 6.92 Å². The molecule has 146 valence electrons. The first-order chi connectivity index (χ1) is 13.6. The highest BCUT2D eigenvalue weighted by Crippen LogP contribution is 2.25. The van der Waals surface area contributed by atoms with Gasteiger partial charge in [-0.25, -0.2) is 9.97 Å². The van der Waals surface area contributed by atoms with Gasteiger partial charge in [0.15, 0.2) is 0 Å². The van der Waals surface area contributed by atoms with Gasteiger partial charge in [0, 0.05) is 25.0 Å². The molecule has 7 heteroatoms. The molecule has 0 spiro atoms. The molecule has 3 aromatic heterocycles. The average Bonchev–Trinajstić information content (AvgIpc) is 3.14. The van der Waals surface area contributed by atoms with Crippen LogP contribution in [-0.4, -0.2) is 45.5 Å². The number of likely N-dealkylation sites (N-methyl/N-ethyl adjacent to an activating group) is 1. The van der Waals surface area contributed by atoms with Gasteiger partial charge in [0.2, 0.25) is 0 Å². The number of aromatic nitrogens is 3. The van der Waals surface area contributed by atoms with E-state index in [1.54, 1.807) is 12.4 Å². The smallest absolute Gasteiger partial charge is 0.259 e. The fraction of sp³-hybridized carbons (Fsp3) is 0.381. The molecular formula is C21H26N6O. The SMILES string of the molecule is CCN1CCC[C@H]1CNc1nc(Nc2cc(C)ccn2)cc2cc[nH]c(=O)c12. The van der Waals surface area contributed by atoms with Crippen LogP contribution in [-0.2, 0) is 0 Å². The summed E-state index contributed by atoms with van der Waals surface area (Å²) in [6.07, 6.45) is 5.82. The number of likely N-dealkylation sites (tertiary alicyclic amines) is 1. The Balaban J connectivity index is 1.66. The van der Waals surface area contributed by atoms with Crippen molar-refractivity contribution in [3.63, 3.8) is 0 Å². The lowest BCUT2D eigenvalue weighted by atomic mass is 10.2. The van der Waals surface area contributed by atoms with Crippen LogP contribution in [0.25, 0.3) is 10.8 Å². The number of hydrogen-bond donors (Lipinski definition) is 3. The summed E-state index contributed by atoms with van der Waals surface area (Å²) in [5.74, 6) is 2.01. The fourth-order valence-electron chi connectivity index (χ4n) is 3.90. The van der Waals surface area contributed by atoms with E-state index in [-0.39, 0.29) is 5.56 Å². The Kier molecular flexibility index (Phi) is 5.25. The molecule has 0 radical (unpaired) electrons. The quantitative estimate of drug-likeness (QED) is 0.610. The molecule has 1 aliphatic rings. The molecule has 0 aliphatic carbocycles. The number of hydrogen-bond acceptors (Lipinski definition) is 6. The Hall–Kier alpha value is -2.93. The third-order valence-corrected chi connectivity index (χ3v) is 5.34. The highest BCUT2D eigenvalue weighted by Gasteiger charge is 2.23. The zero-order valence-corrected chi connectivity index (χ0v) is 16.3. The minimum atomic E-state index is -0.133. The number of aromatic amines is 1. The number of fused-ring (bicyclic) bond motifs is 1. The third kappa shape index (κ3) is 3.84. The van der Waals surface area contributed by atoms with E-state index >= 15 is 0 Å². The lowest BCUT2D eigenvalue weighted by Gasteiger charge is -2.23. The number of nitrogens with zero attached hydrogens (tertiary/aromatic N) is 3. The summed E-state index contributed by atoms with van der Waals surface area (Å²) in [4.78, 5) is 26.7. The van der Waals surface area contributed by atoms with E-state index in [9.17, 15) is 4.79 Å². The molecule has 3 N–H and O–H groups in total. The molecule has 1 fully saturated rings. The first-order valence-electron chi connectivity index (χ1n) is 9.84. The summed E-state index contributed by atoms with van der Waals surface area (Å²) >= 11 is 0. The second-order valence-electron chi connectivity index (χ2n) is 7.28. The van der Waals surface area contributed by atoms with E-state index in [1.807, 2.05) is 31.2 Å². The highest BCUT2D eigenvalue weighted by molar-refractivity contribution is 5.93. The van der Waals surface area contributed by atoms with Gasteiger partial charge in [-0.2, -0.15) is 0 Å². The Labute approximate surface area is 164 Å². The first-order valence-corrected chi connectivity index (χ1v) is 9.84. The maximum atomic E-state index is 12.5. The van der Waals surface area contributed by atoms with Crippen LogP contribution in [0.4, 0.5) is 17.5 Å². The normalized spacial score (nSPS) is 17.1. The van der Waals surface area contributed by atoms with Crippen molar-refractivity contribution < 1.29 is 0 Å². The lowest BCUT2D eigenvalue weighted by molar-refractivity contribution is 0.277. The van der Waals surface area contributed by atoms with Gasteiger partial charge >= 0.3 is 0 Å². The highest BCUT2D eigenvalue weighted by atomic mass is 16.1. The summed E-state index contributed by atoms with van der Waals surface area (Å²) in [6, 6.07) is 8.17. The van der Waals surface area contributed by atoms with Crippen molar-refractivity contribution in [2.24, 2.45) is 0 Å². The molecule has 0 amide bonds. The molecule has 4 rings (SSSR count). The number of pyridine rings is 3. The molecule has 0 saturated carbocycles. The molecule has 1 aliphatic heterocycles. The molecule has 1 atom stereocenters. The maximum absolute atomic E-state index is 12.5. The lowest BCUT2D eigenvalue weighted by Crippen LogP contribution is -2.35. The van der Waals surface area contributed by atoms with E-state index in [1.165, 1.54) is 12.8 Å². The van der Waals surface area contributed by atoms with Gasteiger partial charge in [0.25, 0.3) is 5.56 Å². The minimum Gasteiger partial charge on any atom is -0.368 e. The van der Waals surface area contributed by atoms with Gasteiger partial charge in [-0.05, 0) is 68.1 Å². The number of nitrogens with one attached hydrogen (secondary N) is 3. The Bertz CT molecular complexity index is 1030. The summed E-state index contributed by atoms with van der Waals surface area (Å²) < 4.78 is 0. The van der Waals surface area contributed by atoms with Gasteiger partial charge in [-0.3, -0.25) is 9.69 Å². The van der Waals surface area contributed by atoms with Crippen LogP contribution in [0.15, 0.2) is 41.5 Å². The molecular weight excluding hydrogens is 352 g/mol. The standard InChI is InChI=1S/C21H26N6O/c1-3-27-10-4-5-16(27)13-24-20-19-15(7-9-23-21(19)28)12-18(26-20)25-17-11-14(2)6-8-22-17/h6-9,11-12,16H,3-5,10,13H2,1-2H3,(H,23,28)(H2,22,24,25,26)/t16-/m0/s1.